The van der Waals surface area contributed by atoms with Gasteiger partial charge in [-0.15, -0.1) is 10.0 Å². The molecule has 0 radical (unpaired) electrons. The third kappa shape index (κ3) is 3.93. The average Bonchev–Trinajstić information content (AvgIpc) is 3.15. The van der Waals surface area contributed by atoms with Gasteiger partial charge in [0.15, 0.2) is 0 Å². The summed E-state index contributed by atoms with van der Waals surface area (Å²) in [6.07, 6.45) is 10.6. The quantitative estimate of drug-likeness (QED) is 0.217. The highest BCUT2D eigenvalue weighted by atomic mass is 32.3. The summed E-state index contributed by atoms with van der Waals surface area (Å²) < 4.78 is 0. The predicted molar refractivity (Wildman–Crippen MR) is 165 cm³/mol. The summed E-state index contributed by atoms with van der Waals surface area (Å²) in [4.78, 5) is 5.42. The maximum absolute atomic E-state index is 2.43. The van der Waals surface area contributed by atoms with E-state index in [4.69, 9.17) is 0 Å². The molecule has 0 heterocycles. The van der Waals surface area contributed by atoms with E-state index in [2.05, 4.69) is 164 Å². The maximum atomic E-state index is 2.43. The van der Waals surface area contributed by atoms with Crippen LogP contribution in [0.3, 0.4) is 0 Å². The Balaban J connectivity index is 1.45. The van der Waals surface area contributed by atoms with Crippen molar-refractivity contribution < 1.29 is 0 Å². The molecule has 0 bridgehead atoms. The molecule has 0 nitrogen and oxygen atoms in total. The van der Waals surface area contributed by atoms with E-state index in [0.717, 1.165) is 6.42 Å². The predicted octanol–water partition coefficient (Wildman–Crippen LogP) is 10.6. The summed E-state index contributed by atoms with van der Waals surface area (Å²) in [5.74, 6) is 0.284. The SMILES string of the molecule is C1=CC(S(c2ccccc2)(c2ccccc2)c2ccccc2)=CC=C(C2c3ccccc3-c3ccccc32)C1. The fourth-order valence-corrected chi connectivity index (χ4v) is 10.2. The molecule has 0 aromatic heterocycles. The average molecular weight is 519 g/mol. The van der Waals surface area contributed by atoms with Crippen LogP contribution < -0.4 is 0 Å². The van der Waals surface area contributed by atoms with E-state index < -0.39 is 10.0 Å². The topological polar surface area (TPSA) is 0 Å². The minimum Gasteiger partial charge on any atom is -0.133 e. The monoisotopic (exact) mass is 518 g/mol. The molecule has 7 rings (SSSR count). The van der Waals surface area contributed by atoms with Crippen LogP contribution in [0.1, 0.15) is 23.5 Å². The van der Waals surface area contributed by atoms with Gasteiger partial charge in [-0.1, -0.05) is 127 Å². The summed E-state index contributed by atoms with van der Waals surface area (Å²) >= 11 is 0. The number of allylic oxidation sites excluding steroid dienone is 5. The first-order chi connectivity index (χ1) is 19.4. The highest BCUT2D eigenvalue weighted by Crippen LogP contribution is 2.73. The molecule has 0 unspecified atom stereocenters. The Hall–Kier alpha value is -4.33. The van der Waals surface area contributed by atoms with Gasteiger partial charge in [0, 0.05) is 25.5 Å². The maximum Gasteiger partial charge on any atom is 0.0317 e. The Kier molecular flexibility index (Phi) is 6.15. The molecule has 0 aliphatic heterocycles. The molecule has 0 spiro atoms. The zero-order valence-electron chi connectivity index (χ0n) is 21.8. The molecular formula is C38H30S. The largest absolute Gasteiger partial charge is 0.133 e. The zero-order chi connectivity index (χ0) is 26.1. The normalized spacial score (nSPS) is 15.1. The molecule has 5 aromatic carbocycles. The van der Waals surface area contributed by atoms with E-state index in [1.54, 1.807) is 0 Å². The van der Waals surface area contributed by atoms with Crippen LogP contribution in [0.4, 0.5) is 0 Å². The van der Waals surface area contributed by atoms with Gasteiger partial charge in [-0.25, -0.2) is 0 Å². The molecule has 0 fully saturated rings. The van der Waals surface area contributed by atoms with Crippen LogP contribution >= 0.6 is 10.0 Å². The second-order valence-electron chi connectivity index (χ2n) is 10.1. The number of benzene rings is 5. The second kappa shape index (κ2) is 10.1. The highest BCUT2D eigenvalue weighted by molar-refractivity contribution is 8.37. The molecule has 5 aromatic rings. The van der Waals surface area contributed by atoms with E-state index >= 15 is 0 Å². The minimum absolute atomic E-state index is 0.284. The highest BCUT2D eigenvalue weighted by Gasteiger charge is 2.35. The minimum atomic E-state index is -1.70. The molecule has 2 aliphatic rings. The van der Waals surface area contributed by atoms with Crippen LogP contribution in [0.15, 0.2) is 189 Å². The summed E-state index contributed by atoms with van der Waals surface area (Å²) in [6, 6.07) is 51.1. The first-order valence-electron chi connectivity index (χ1n) is 13.6. The fraction of sp³-hybridized carbons (Fsp3) is 0.0526. The van der Waals surface area contributed by atoms with Crippen molar-refractivity contribution >= 4 is 10.0 Å². The molecule has 0 atom stereocenters. The van der Waals surface area contributed by atoms with Gasteiger partial charge >= 0.3 is 0 Å². The second-order valence-corrected chi connectivity index (χ2v) is 13.2. The van der Waals surface area contributed by atoms with Gasteiger partial charge in [-0.3, -0.25) is 0 Å². The first-order valence-corrected chi connectivity index (χ1v) is 15.2. The molecular weight excluding hydrogens is 488 g/mol. The Labute approximate surface area is 233 Å². The standard InChI is InChI=1S/C38H30S/c1-4-16-30(17-5-1)39(31-18-6-2-7-19-31,32-20-8-3-9-21-32)33-22-14-15-29(27-28-33)38-36-25-12-10-23-34(36)35-24-11-13-26-37(35)38/h1-14,16-28,38H,15H2. The van der Waals surface area contributed by atoms with Crippen LogP contribution in [-0.4, -0.2) is 0 Å². The van der Waals surface area contributed by atoms with Gasteiger partial charge in [-0.2, -0.15) is 0 Å². The lowest BCUT2D eigenvalue weighted by atomic mass is 9.87. The van der Waals surface area contributed by atoms with Gasteiger partial charge in [0.25, 0.3) is 0 Å². The molecule has 0 N–H and O–H groups in total. The van der Waals surface area contributed by atoms with Crippen LogP contribution in [0.5, 0.6) is 0 Å². The lowest BCUT2D eigenvalue weighted by Gasteiger charge is -2.42. The van der Waals surface area contributed by atoms with E-state index in [0.29, 0.717) is 0 Å². The molecule has 2 aliphatic carbocycles. The van der Waals surface area contributed by atoms with Crippen molar-refractivity contribution in [3.63, 3.8) is 0 Å². The first kappa shape index (κ1) is 23.8. The van der Waals surface area contributed by atoms with Crippen molar-refractivity contribution in [3.8, 4) is 11.1 Å². The Bertz CT molecular complexity index is 1570. The van der Waals surface area contributed by atoms with Crippen molar-refractivity contribution in [2.24, 2.45) is 0 Å². The summed E-state index contributed by atoms with van der Waals surface area (Å²) in [7, 11) is -1.70. The Morgan fingerprint density at radius 1 is 0.462 bits per heavy atom. The molecule has 0 saturated carbocycles. The van der Waals surface area contributed by atoms with Crippen molar-refractivity contribution in [3.05, 3.63) is 185 Å². The lowest BCUT2D eigenvalue weighted by molar-refractivity contribution is 0.937. The number of rotatable bonds is 5. The Morgan fingerprint density at radius 2 is 0.897 bits per heavy atom. The number of fused-ring (bicyclic) bond motifs is 3. The van der Waals surface area contributed by atoms with Crippen molar-refractivity contribution in [2.45, 2.75) is 27.0 Å². The molecule has 188 valence electrons. The lowest BCUT2D eigenvalue weighted by Crippen LogP contribution is -2.05. The van der Waals surface area contributed by atoms with Crippen LogP contribution in [0.2, 0.25) is 0 Å². The van der Waals surface area contributed by atoms with E-state index in [9.17, 15) is 0 Å². The van der Waals surface area contributed by atoms with E-state index in [1.807, 2.05) is 0 Å². The number of hydrogen-bond acceptors (Lipinski definition) is 0. The van der Waals surface area contributed by atoms with E-state index in [1.165, 1.54) is 47.4 Å². The number of hydrogen-bond donors (Lipinski definition) is 0. The summed E-state index contributed by atoms with van der Waals surface area (Å²) in [5.41, 5.74) is 7.02. The molecule has 0 amide bonds. The van der Waals surface area contributed by atoms with E-state index in [-0.39, 0.29) is 5.92 Å². The van der Waals surface area contributed by atoms with Crippen LogP contribution in [0.25, 0.3) is 11.1 Å². The van der Waals surface area contributed by atoms with Gasteiger partial charge in [0.2, 0.25) is 0 Å². The van der Waals surface area contributed by atoms with Gasteiger partial charge in [-0.05, 0) is 71.1 Å². The Morgan fingerprint density at radius 3 is 1.38 bits per heavy atom. The smallest absolute Gasteiger partial charge is 0.0317 e. The van der Waals surface area contributed by atoms with Gasteiger partial charge in [0.1, 0.15) is 0 Å². The van der Waals surface area contributed by atoms with Gasteiger partial charge < -0.3 is 0 Å². The molecule has 39 heavy (non-hydrogen) atoms. The van der Waals surface area contributed by atoms with Crippen LogP contribution in [-0.2, 0) is 0 Å². The fourth-order valence-electron chi connectivity index (χ4n) is 6.29. The summed E-state index contributed by atoms with van der Waals surface area (Å²) in [5, 5.41) is 0. The van der Waals surface area contributed by atoms with Crippen molar-refractivity contribution in [2.75, 3.05) is 0 Å². The van der Waals surface area contributed by atoms with Crippen molar-refractivity contribution in [1.29, 1.82) is 0 Å². The summed E-state index contributed by atoms with van der Waals surface area (Å²) in [6.45, 7) is 0. The van der Waals surface area contributed by atoms with Crippen LogP contribution in [0, 0.1) is 0 Å². The third-order valence-electron chi connectivity index (χ3n) is 7.95. The molecule has 0 saturated heterocycles. The zero-order valence-corrected chi connectivity index (χ0v) is 22.6. The van der Waals surface area contributed by atoms with Crippen molar-refractivity contribution in [1.82, 2.24) is 0 Å². The third-order valence-corrected chi connectivity index (χ3v) is 11.9. The molecule has 1 heteroatoms. The van der Waals surface area contributed by atoms with Gasteiger partial charge in [0.05, 0.1) is 0 Å².